The standard InChI is InChI=1S/C26H28O4/c1-18-15-24(29-14-13-19(2)28)11-12-25(18)26-6-4-5-22(20(26)3)17-30-23-9-7-21(16-27)8-10-23/h4-12,15-16,19,28H,13-14,17H2,1-3H3/t19-/m1/s1. The monoisotopic (exact) mass is 404 g/mol. The number of aryl methyl sites for hydroxylation is 1. The van der Waals surface area contributed by atoms with Gasteiger partial charge in [-0.2, -0.15) is 0 Å². The first-order valence-corrected chi connectivity index (χ1v) is 10.2. The van der Waals surface area contributed by atoms with E-state index in [0.29, 0.717) is 25.2 Å². The second kappa shape index (κ2) is 10.1. The fraction of sp³-hybridized carbons (Fsp3) is 0.269. The summed E-state index contributed by atoms with van der Waals surface area (Å²) in [6.45, 7) is 6.90. The van der Waals surface area contributed by atoms with Crippen molar-refractivity contribution >= 4 is 6.29 Å². The van der Waals surface area contributed by atoms with Crippen LogP contribution in [0.25, 0.3) is 11.1 Å². The quantitative estimate of drug-likeness (QED) is 0.478. The van der Waals surface area contributed by atoms with Crippen LogP contribution in [0.4, 0.5) is 0 Å². The smallest absolute Gasteiger partial charge is 0.150 e. The molecule has 1 N–H and O–H groups in total. The van der Waals surface area contributed by atoms with E-state index in [4.69, 9.17) is 9.47 Å². The molecular formula is C26H28O4. The van der Waals surface area contributed by atoms with E-state index in [1.54, 1.807) is 19.1 Å². The number of aldehydes is 1. The van der Waals surface area contributed by atoms with Crippen LogP contribution in [-0.4, -0.2) is 24.1 Å². The van der Waals surface area contributed by atoms with Gasteiger partial charge in [-0.05, 0) is 85.0 Å². The highest BCUT2D eigenvalue weighted by molar-refractivity contribution is 5.75. The molecule has 0 aliphatic heterocycles. The lowest BCUT2D eigenvalue weighted by atomic mass is 9.93. The van der Waals surface area contributed by atoms with Crippen molar-refractivity contribution in [1.82, 2.24) is 0 Å². The molecule has 1 atom stereocenters. The molecule has 0 aliphatic carbocycles. The van der Waals surface area contributed by atoms with Gasteiger partial charge in [-0.1, -0.05) is 24.3 Å². The van der Waals surface area contributed by atoms with E-state index in [1.165, 1.54) is 11.1 Å². The maximum atomic E-state index is 10.8. The zero-order chi connectivity index (χ0) is 21.5. The average molecular weight is 405 g/mol. The summed E-state index contributed by atoms with van der Waals surface area (Å²) >= 11 is 0. The Morgan fingerprint density at radius 3 is 2.33 bits per heavy atom. The molecule has 0 fully saturated rings. The van der Waals surface area contributed by atoms with E-state index < -0.39 is 0 Å². The van der Waals surface area contributed by atoms with Gasteiger partial charge in [0.05, 0.1) is 12.7 Å². The molecule has 0 unspecified atom stereocenters. The highest BCUT2D eigenvalue weighted by Gasteiger charge is 2.10. The van der Waals surface area contributed by atoms with Crippen LogP contribution in [0.5, 0.6) is 11.5 Å². The summed E-state index contributed by atoms with van der Waals surface area (Å²) in [5.41, 5.74) is 6.38. The van der Waals surface area contributed by atoms with Crippen LogP contribution in [0.2, 0.25) is 0 Å². The van der Waals surface area contributed by atoms with Gasteiger partial charge in [0.15, 0.2) is 0 Å². The van der Waals surface area contributed by atoms with E-state index in [2.05, 4.69) is 32.0 Å². The summed E-state index contributed by atoms with van der Waals surface area (Å²) < 4.78 is 11.7. The fourth-order valence-electron chi connectivity index (χ4n) is 3.31. The van der Waals surface area contributed by atoms with Gasteiger partial charge in [0.25, 0.3) is 0 Å². The van der Waals surface area contributed by atoms with E-state index in [9.17, 15) is 9.90 Å². The molecule has 3 aromatic rings. The van der Waals surface area contributed by atoms with Crippen molar-refractivity contribution in [3.63, 3.8) is 0 Å². The summed E-state index contributed by atoms with van der Waals surface area (Å²) in [4.78, 5) is 10.8. The first-order valence-electron chi connectivity index (χ1n) is 10.2. The van der Waals surface area contributed by atoms with Crippen LogP contribution in [0.3, 0.4) is 0 Å². The minimum absolute atomic E-state index is 0.360. The van der Waals surface area contributed by atoms with Crippen molar-refractivity contribution in [1.29, 1.82) is 0 Å². The number of hydrogen-bond acceptors (Lipinski definition) is 4. The van der Waals surface area contributed by atoms with Crippen LogP contribution in [-0.2, 0) is 6.61 Å². The predicted octanol–water partition coefficient (Wildman–Crippen LogP) is 5.51. The summed E-state index contributed by atoms with van der Waals surface area (Å²) in [6, 6.07) is 19.4. The Balaban J connectivity index is 1.74. The fourth-order valence-corrected chi connectivity index (χ4v) is 3.31. The van der Waals surface area contributed by atoms with Gasteiger partial charge < -0.3 is 14.6 Å². The highest BCUT2D eigenvalue weighted by atomic mass is 16.5. The lowest BCUT2D eigenvalue weighted by Crippen LogP contribution is -2.07. The number of rotatable bonds is 9. The van der Waals surface area contributed by atoms with E-state index >= 15 is 0 Å². The molecule has 0 aliphatic rings. The largest absolute Gasteiger partial charge is 0.493 e. The Morgan fingerprint density at radius 2 is 1.67 bits per heavy atom. The molecule has 4 heteroatoms. The molecule has 4 nitrogen and oxygen atoms in total. The minimum Gasteiger partial charge on any atom is -0.493 e. The highest BCUT2D eigenvalue weighted by Crippen LogP contribution is 2.31. The summed E-state index contributed by atoms with van der Waals surface area (Å²) in [6.07, 6.45) is 1.07. The number of carbonyl (C=O) groups is 1. The van der Waals surface area contributed by atoms with Gasteiger partial charge in [-0.3, -0.25) is 4.79 Å². The van der Waals surface area contributed by atoms with Crippen LogP contribution >= 0.6 is 0 Å². The van der Waals surface area contributed by atoms with Crippen molar-refractivity contribution in [2.75, 3.05) is 6.61 Å². The number of carbonyl (C=O) groups excluding carboxylic acids is 1. The molecule has 3 rings (SSSR count). The van der Waals surface area contributed by atoms with Crippen molar-refractivity contribution in [2.45, 2.75) is 39.9 Å². The second-order valence-electron chi connectivity index (χ2n) is 7.53. The molecule has 0 heterocycles. The van der Waals surface area contributed by atoms with Crippen LogP contribution in [0.15, 0.2) is 60.7 Å². The third-order valence-corrected chi connectivity index (χ3v) is 5.15. The maximum absolute atomic E-state index is 10.8. The molecule has 3 aromatic carbocycles. The minimum atomic E-state index is -0.360. The van der Waals surface area contributed by atoms with Crippen LogP contribution in [0.1, 0.15) is 40.4 Å². The summed E-state index contributed by atoms with van der Waals surface area (Å²) in [5.74, 6) is 1.55. The topological polar surface area (TPSA) is 55.8 Å². The normalized spacial score (nSPS) is 11.7. The SMILES string of the molecule is Cc1cc(OCC[C@@H](C)O)ccc1-c1cccc(COc2ccc(C=O)cc2)c1C. The second-order valence-corrected chi connectivity index (χ2v) is 7.53. The van der Waals surface area contributed by atoms with Gasteiger partial charge in [0, 0.05) is 12.0 Å². The molecule has 0 aromatic heterocycles. The number of ether oxygens (including phenoxy) is 2. The van der Waals surface area contributed by atoms with Gasteiger partial charge in [0.1, 0.15) is 24.4 Å². The maximum Gasteiger partial charge on any atom is 0.150 e. The molecule has 0 saturated carbocycles. The molecule has 156 valence electrons. The van der Waals surface area contributed by atoms with Crippen molar-refractivity contribution in [3.05, 3.63) is 82.9 Å². The van der Waals surface area contributed by atoms with Crippen LogP contribution in [0, 0.1) is 13.8 Å². The average Bonchev–Trinajstić information content (AvgIpc) is 2.74. The Bertz CT molecular complexity index is 990. The molecule has 0 spiro atoms. The zero-order valence-corrected chi connectivity index (χ0v) is 17.7. The number of benzene rings is 3. The lowest BCUT2D eigenvalue weighted by Gasteiger charge is -2.15. The van der Waals surface area contributed by atoms with Gasteiger partial charge in [0.2, 0.25) is 0 Å². The van der Waals surface area contributed by atoms with Gasteiger partial charge >= 0.3 is 0 Å². The summed E-state index contributed by atoms with van der Waals surface area (Å²) in [5, 5.41) is 9.37. The Hall–Kier alpha value is -3.11. The third kappa shape index (κ3) is 5.49. The first-order chi connectivity index (χ1) is 14.5. The number of aliphatic hydroxyl groups excluding tert-OH is 1. The molecule has 0 amide bonds. The third-order valence-electron chi connectivity index (χ3n) is 5.15. The van der Waals surface area contributed by atoms with E-state index in [1.807, 2.05) is 30.3 Å². The number of aliphatic hydroxyl groups is 1. The van der Waals surface area contributed by atoms with Crippen molar-refractivity contribution in [2.24, 2.45) is 0 Å². The zero-order valence-electron chi connectivity index (χ0n) is 17.7. The molecule has 0 radical (unpaired) electrons. The Morgan fingerprint density at radius 1 is 0.933 bits per heavy atom. The molecule has 0 bridgehead atoms. The number of hydrogen-bond donors (Lipinski definition) is 1. The molecule has 30 heavy (non-hydrogen) atoms. The molecule has 0 saturated heterocycles. The Kier molecular flexibility index (Phi) is 7.26. The van der Waals surface area contributed by atoms with E-state index in [0.717, 1.165) is 34.5 Å². The van der Waals surface area contributed by atoms with Gasteiger partial charge in [-0.25, -0.2) is 0 Å². The van der Waals surface area contributed by atoms with Crippen molar-refractivity contribution < 1.29 is 19.4 Å². The van der Waals surface area contributed by atoms with Crippen LogP contribution < -0.4 is 9.47 Å². The molecular weight excluding hydrogens is 376 g/mol. The van der Waals surface area contributed by atoms with E-state index in [-0.39, 0.29) is 6.10 Å². The van der Waals surface area contributed by atoms with Crippen molar-refractivity contribution in [3.8, 4) is 22.6 Å². The Labute approximate surface area is 178 Å². The predicted molar refractivity (Wildman–Crippen MR) is 119 cm³/mol. The first kappa shape index (κ1) is 21.6. The summed E-state index contributed by atoms with van der Waals surface area (Å²) in [7, 11) is 0. The van der Waals surface area contributed by atoms with Gasteiger partial charge in [-0.15, -0.1) is 0 Å². The lowest BCUT2D eigenvalue weighted by molar-refractivity contribution is 0.112.